The van der Waals surface area contributed by atoms with Gasteiger partial charge in [-0.25, -0.2) is 31.9 Å². The summed E-state index contributed by atoms with van der Waals surface area (Å²) in [6.07, 6.45) is 3.17. The summed E-state index contributed by atoms with van der Waals surface area (Å²) in [6.45, 7) is 30.0. The van der Waals surface area contributed by atoms with Crippen molar-refractivity contribution in [3.63, 3.8) is 0 Å². The first-order valence-corrected chi connectivity index (χ1v) is 45.6. The largest absolute Gasteiger partial charge is 0.374 e. The molecule has 0 spiro atoms. The predicted molar refractivity (Wildman–Crippen MR) is 492 cm³/mol. The van der Waals surface area contributed by atoms with E-state index in [9.17, 15) is 41.9 Å². The molecule has 6 aromatic carbocycles. The molecule has 15 rings (SSSR count). The molecule has 124 heavy (non-hydrogen) atoms. The fraction of sp³-hybridized carbons (Fsp3) is 0.420. The number of benzene rings is 6. The van der Waals surface area contributed by atoms with Crippen LogP contribution in [0.1, 0.15) is 41.5 Å². The van der Waals surface area contributed by atoms with Gasteiger partial charge in [-0.1, -0.05) is 95.9 Å². The summed E-state index contributed by atoms with van der Waals surface area (Å²) in [6, 6.07) is 17.2. The monoisotopic (exact) mass is 1860 g/mol. The fourth-order valence-corrected chi connectivity index (χ4v) is 22.6. The molecule has 0 saturated carbocycles. The maximum atomic E-state index is 15.3. The number of likely N-dealkylation sites (N-methyl/N-ethyl adjacent to an activating group) is 3. The van der Waals surface area contributed by atoms with Crippen molar-refractivity contribution < 1.29 is 46.2 Å². The van der Waals surface area contributed by atoms with Crippen LogP contribution >= 0.6 is 93.3 Å². The first kappa shape index (κ1) is 93.4. The van der Waals surface area contributed by atoms with Crippen LogP contribution in [0.2, 0.25) is 25.1 Å². The number of anilines is 3. The molecule has 9 heterocycles. The van der Waals surface area contributed by atoms with Crippen LogP contribution in [0.4, 0.5) is 35.0 Å². The smallest absolute Gasteiger partial charge is 0.350 e. The number of nitrogens with one attached hydrogen (secondary N) is 2. The molecule has 6 aliphatic rings. The van der Waals surface area contributed by atoms with Crippen molar-refractivity contribution in [1.82, 2.24) is 58.9 Å². The van der Waals surface area contributed by atoms with Gasteiger partial charge >= 0.3 is 17.1 Å². The van der Waals surface area contributed by atoms with E-state index in [1.807, 2.05) is 96.6 Å². The van der Waals surface area contributed by atoms with Gasteiger partial charge in [0.05, 0.1) is 99.4 Å². The Bertz CT molecular complexity index is 5790. The van der Waals surface area contributed by atoms with Crippen molar-refractivity contribution in [3.05, 3.63) is 191 Å². The lowest BCUT2D eigenvalue weighted by Crippen LogP contribution is -2.58. The Kier molecular flexibility index (Phi) is 30.4. The molecule has 660 valence electrons. The van der Waals surface area contributed by atoms with Crippen molar-refractivity contribution >= 4 is 161 Å². The summed E-state index contributed by atoms with van der Waals surface area (Å²) in [4.78, 5) is 108. The van der Waals surface area contributed by atoms with Crippen molar-refractivity contribution in [3.8, 4) is 33.4 Å². The normalized spacial score (nSPS) is 20.8. The lowest BCUT2D eigenvalue weighted by atomic mass is 10.0. The Morgan fingerprint density at radius 2 is 0.790 bits per heavy atom. The number of thioether (sulfide) groups is 3. The van der Waals surface area contributed by atoms with Crippen molar-refractivity contribution in [2.75, 3.05) is 139 Å². The molecule has 0 bridgehead atoms. The van der Waals surface area contributed by atoms with Gasteiger partial charge in [0.25, 0.3) is 0 Å². The molecule has 36 heteroatoms. The summed E-state index contributed by atoms with van der Waals surface area (Å²) < 4.78 is 80.6. The molecule has 3 unspecified atom stereocenters. The van der Waals surface area contributed by atoms with Gasteiger partial charge in [0.15, 0.2) is 0 Å². The summed E-state index contributed by atoms with van der Waals surface area (Å²) in [5, 5.41) is 9.09. The molecule has 24 nitrogen and oxygen atoms in total. The van der Waals surface area contributed by atoms with Gasteiger partial charge in [-0.05, 0) is 148 Å². The standard InChI is InChI=1S/C30H35ClFN5O3S.C29H31Cl2F2N5O3S.C29H32Cl2FN5O3S/c1-6-25(38)37-18(2)14-35(15-19(37)3)29-23-13-24(31)26(20-7-9-21(32)10-8-20)28-27(23)36(30(39)33-29)16-22(17-41-28)40-12-11-34(4)5;1-5-24(39)38-15(2)11-36(12-16(38)3)28-19-9-21(31)25(18-8-20(30)23(33)10-22(18)32)27-26(19)37(29(40)35-28)13-17(14-42-27)41-7-6-34-4;1-5-24(38)37-16(2)12-35(13-17(37)3)28-20-11-22(31)25(18-6-7-23(32)21(30)10-18)27-26(20)36(29(39)34-28)14-19(15-41-27)40-9-8-33-4/h6-10,13,18-19,22H,1,11-12,14-17H2,2-5H3;5,8-10,15-17,34H,1,6-7,11-14H2,2-4H3;5-7,10-11,16-17,19,33H,1,8-9,12-15H2,2-4H3/t18-,19+,22?;15-,16+,17?;16-,17+,19?. The molecule has 3 saturated heterocycles. The second-order valence-electron chi connectivity index (χ2n) is 31.8. The highest BCUT2D eigenvalue weighted by molar-refractivity contribution is 8.00. The average Bonchev–Trinajstić information content (AvgIpc) is 1.26. The van der Waals surface area contributed by atoms with E-state index in [1.165, 1.54) is 54.3 Å². The van der Waals surface area contributed by atoms with Gasteiger partial charge in [0.1, 0.15) is 40.7 Å². The van der Waals surface area contributed by atoms with E-state index in [2.05, 4.69) is 55.1 Å². The second-order valence-corrected chi connectivity index (χ2v) is 37.0. The number of nitrogens with zero attached hydrogens (tertiary/aromatic N) is 13. The van der Waals surface area contributed by atoms with Crippen LogP contribution in [0, 0.1) is 23.3 Å². The van der Waals surface area contributed by atoms with Gasteiger partial charge in [0, 0.05) is 172 Å². The summed E-state index contributed by atoms with van der Waals surface area (Å²) >= 11 is 37.7. The van der Waals surface area contributed by atoms with Crippen LogP contribution in [0.5, 0.6) is 0 Å². The van der Waals surface area contributed by atoms with Crippen LogP contribution in [-0.2, 0) is 48.2 Å². The van der Waals surface area contributed by atoms with Gasteiger partial charge in [-0.15, -0.1) is 35.3 Å². The minimum atomic E-state index is -0.882. The Balaban J connectivity index is 0.000000160. The topological polar surface area (TPSA) is 230 Å². The molecular formula is C88H98Cl5F4N15O9S3. The molecule has 3 amide bonds. The van der Waals surface area contributed by atoms with Crippen LogP contribution in [0.25, 0.3) is 66.1 Å². The highest BCUT2D eigenvalue weighted by Crippen LogP contribution is 2.51. The van der Waals surface area contributed by atoms with Crippen molar-refractivity contribution in [1.29, 1.82) is 0 Å². The molecule has 6 aliphatic heterocycles. The van der Waals surface area contributed by atoms with E-state index in [-0.39, 0.29) is 111 Å². The number of aromatic nitrogens is 6. The Labute approximate surface area is 754 Å². The fourth-order valence-electron chi connectivity index (χ4n) is 17.3. The molecule has 0 radical (unpaired) electrons. The third-order valence-corrected chi connectivity index (χ3v) is 27.9. The van der Waals surface area contributed by atoms with Gasteiger partial charge in [-0.2, -0.15) is 15.0 Å². The number of rotatable bonds is 21. The van der Waals surface area contributed by atoms with Crippen LogP contribution < -0.4 is 42.4 Å². The summed E-state index contributed by atoms with van der Waals surface area (Å²) in [5.41, 5.74) is 3.94. The maximum Gasteiger partial charge on any atom is 0.350 e. The Morgan fingerprint density at radius 3 is 1.15 bits per heavy atom. The molecular weight excluding hydrogens is 1760 g/mol. The van der Waals surface area contributed by atoms with Crippen molar-refractivity contribution in [2.24, 2.45) is 0 Å². The zero-order valence-electron chi connectivity index (χ0n) is 70.3. The van der Waals surface area contributed by atoms with Gasteiger partial charge in [-0.3, -0.25) is 28.1 Å². The predicted octanol–water partition coefficient (Wildman–Crippen LogP) is 14.3. The Hall–Kier alpha value is -8.25. The zero-order valence-corrected chi connectivity index (χ0v) is 76.5. The lowest BCUT2D eigenvalue weighted by molar-refractivity contribution is -0.131. The number of halogens is 9. The highest BCUT2D eigenvalue weighted by Gasteiger charge is 2.40. The van der Waals surface area contributed by atoms with Crippen LogP contribution in [0.15, 0.2) is 140 Å². The third-order valence-electron chi connectivity index (χ3n) is 22.7. The van der Waals surface area contributed by atoms with E-state index in [0.29, 0.717) is 168 Å². The molecule has 3 fully saturated rings. The van der Waals surface area contributed by atoms with E-state index < -0.39 is 28.8 Å². The third kappa shape index (κ3) is 19.6. The first-order valence-electron chi connectivity index (χ1n) is 40.7. The number of hydrogen-bond acceptors (Lipinski definition) is 21. The number of ether oxygens (including phenoxy) is 3. The minimum absolute atomic E-state index is 0.0134. The highest BCUT2D eigenvalue weighted by atomic mass is 35.5. The molecule has 0 aliphatic carbocycles. The van der Waals surface area contributed by atoms with Gasteiger partial charge in [0.2, 0.25) is 17.7 Å². The van der Waals surface area contributed by atoms with Crippen LogP contribution in [0.3, 0.4) is 0 Å². The van der Waals surface area contributed by atoms with Crippen LogP contribution in [-0.4, -0.2) is 245 Å². The number of carbonyl (C=O) groups excluding carboxylic acids is 3. The summed E-state index contributed by atoms with van der Waals surface area (Å²) in [5.74, 6) is 0.174. The number of piperazine rings is 3. The van der Waals surface area contributed by atoms with E-state index in [4.69, 9.17) is 72.2 Å². The SMILES string of the molecule is C=CC(=O)N1[C@H](C)CN(c2nc(=O)n3c4c(c(-c5cc(Cl)c(F)cc5F)c(Cl)cc24)SCC(OCCNC)C3)C[C@@H]1C.C=CC(=O)N1[C@H](C)CN(c2nc(=O)n3c4c(c(-c5ccc(F)c(Cl)c5)c(Cl)cc24)SCC(OCCNC)C3)C[C@@H]1C.C=CC(=O)N1[C@H](C)CN(c2nc(=O)n3c4c(c(-c5ccc(F)cc5)c(Cl)cc24)SCC(OCCN(C)C)C3)C[C@@H]1C. The molecule has 9 atom stereocenters. The zero-order chi connectivity index (χ0) is 89.1. The number of hydrogen-bond donors (Lipinski definition) is 2. The van der Waals surface area contributed by atoms with E-state index >= 15 is 4.39 Å². The second kappa shape index (κ2) is 40.4. The lowest BCUT2D eigenvalue weighted by Gasteiger charge is -2.44. The molecule has 3 aromatic heterocycles. The van der Waals surface area contributed by atoms with E-state index in [0.717, 1.165) is 49.8 Å². The quantitative estimate of drug-likeness (QED) is 0.0295. The van der Waals surface area contributed by atoms with E-state index in [1.54, 1.807) is 77.4 Å². The minimum Gasteiger partial charge on any atom is -0.374 e. The first-order chi connectivity index (χ1) is 59.3. The summed E-state index contributed by atoms with van der Waals surface area (Å²) in [7, 11) is 7.66. The maximum absolute atomic E-state index is 15.3. The average molecular weight is 1860 g/mol. The number of amides is 3. The Morgan fingerprint density at radius 1 is 0.452 bits per heavy atom. The van der Waals surface area contributed by atoms with Crippen molar-refractivity contribution in [2.45, 2.75) is 130 Å². The van der Waals surface area contributed by atoms with Gasteiger partial charge < -0.3 is 59.1 Å². The molecule has 2 N–H and O–H groups in total. The molecule has 9 aromatic rings. The number of carbonyl (C=O) groups is 3.